The molecule has 1 N–H and O–H groups in total. The number of carbonyl (C=O) groups is 3. The highest BCUT2D eigenvalue weighted by Gasteiger charge is 2.59. The van der Waals surface area contributed by atoms with Crippen LogP contribution in [-0.2, 0) is 21.2 Å². The van der Waals surface area contributed by atoms with Crippen molar-refractivity contribution in [1.82, 2.24) is 4.90 Å². The zero-order valence-corrected chi connectivity index (χ0v) is 16.1. The first-order valence-electron chi connectivity index (χ1n) is 8.64. The molecule has 0 spiro atoms. The van der Waals surface area contributed by atoms with Crippen molar-refractivity contribution in [3.63, 3.8) is 0 Å². The summed E-state index contributed by atoms with van der Waals surface area (Å²) < 4.78 is 44.7. The molecule has 4 amide bonds. The lowest BCUT2D eigenvalue weighted by Crippen LogP contribution is -2.47. The van der Waals surface area contributed by atoms with Crippen LogP contribution in [0.4, 0.5) is 28.4 Å². The molecule has 1 fully saturated rings. The average molecular weight is 433 g/mol. The molecule has 1 aliphatic rings. The van der Waals surface area contributed by atoms with Crippen molar-refractivity contribution in [3.8, 4) is 11.8 Å². The predicted octanol–water partition coefficient (Wildman–Crippen LogP) is 3.73. The average Bonchev–Trinajstić information content (AvgIpc) is 2.93. The van der Waals surface area contributed by atoms with Crippen molar-refractivity contribution in [2.75, 3.05) is 12.0 Å². The van der Waals surface area contributed by atoms with Crippen LogP contribution in [0.1, 0.15) is 23.6 Å². The number of nitrogens with zero attached hydrogens (tertiary/aromatic N) is 3. The molecule has 160 valence electrons. The van der Waals surface area contributed by atoms with Gasteiger partial charge in [0, 0.05) is 0 Å². The van der Waals surface area contributed by atoms with Gasteiger partial charge in [-0.25, -0.2) is 19.4 Å². The molecule has 2 aromatic carbocycles. The van der Waals surface area contributed by atoms with E-state index in [0.717, 1.165) is 19.2 Å². The monoisotopic (exact) mass is 433 g/mol. The lowest BCUT2D eigenvalue weighted by Gasteiger charge is -2.29. The van der Waals surface area contributed by atoms with E-state index in [4.69, 9.17) is 5.26 Å². The molecule has 8 nitrogen and oxygen atoms in total. The first-order chi connectivity index (χ1) is 14.5. The molecule has 31 heavy (non-hydrogen) atoms. The highest BCUT2D eigenvalue weighted by Crippen LogP contribution is 2.42. The molecule has 1 saturated heterocycles. The molecule has 0 saturated carbocycles. The number of hydrogen-bond acceptors (Lipinski definition) is 6. The van der Waals surface area contributed by atoms with Gasteiger partial charge in [0.15, 0.2) is 5.54 Å². The molecule has 3 rings (SSSR count). The lowest BCUT2D eigenvalue weighted by atomic mass is 9.90. The van der Waals surface area contributed by atoms with Crippen molar-refractivity contribution < 1.29 is 37.4 Å². The van der Waals surface area contributed by atoms with Crippen molar-refractivity contribution in [2.45, 2.75) is 18.6 Å². The Morgan fingerprint density at radius 1 is 1.16 bits per heavy atom. The van der Waals surface area contributed by atoms with Crippen molar-refractivity contribution in [3.05, 3.63) is 59.2 Å². The van der Waals surface area contributed by atoms with Gasteiger partial charge in [-0.05, 0) is 42.8 Å². The van der Waals surface area contributed by atoms with Gasteiger partial charge < -0.3 is 9.84 Å². The Kier molecular flexibility index (Phi) is 5.11. The van der Waals surface area contributed by atoms with Crippen LogP contribution >= 0.6 is 0 Å². The number of imide groups is 2. The molecule has 0 bridgehead atoms. The number of amides is 4. The van der Waals surface area contributed by atoms with Crippen LogP contribution in [0.3, 0.4) is 0 Å². The van der Waals surface area contributed by atoms with E-state index in [1.165, 1.54) is 37.3 Å². The maximum Gasteiger partial charge on any atom is 0.418 e. The number of hydrogen-bond donors (Lipinski definition) is 1. The Labute approximate surface area is 173 Å². The number of urea groups is 1. The largest absolute Gasteiger partial charge is 0.508 e. The number of phenols is 1. The first-order valence-corrected chi connectivity index (χ1v) is 8.64. The topological polar surface area (TPSA) is 111 Å². The number of rotatable bonds is 2. The Morgan fingerprint density at radius 3 is 2.29 bits per heavy atom. The van der Waals surface area contributed by atoms with Crippen LogP contribution in [0, 0.1) is 11.3 Å². The third kappa shape index (κ3) is 3.31. The number of ether oxygens (including phenoxy) is 1. The molecule has 2 aromatic rings. The SMILES string of the molecule is COC(=O)N1C(=O)N(c2ccc(C#N)c(C(F)(F)F)c2)C(=O)C1(C)c1ccc(O)cc1. The van der Waals surface area contributed by atoms with Gasteiger partial charge in [0.05, 0.1) is 30.0 Å². The van der Waals surface area contributed by atoms with Gasteiger partial charge >= 0.3 is 18.3 Å². The molecule has 11 heteroatoms. The summed E-state index contributed by atoms with van der Waals surface area (Å²) >= 11 is 0. The van der Waals surface area contributed by atoms with Crippen molar-refractivity contribution in [2.24, 2.45) is 0 Å². The maximum absolute atomic E-state index is 13.4. The second-order valence-corrected chi connectivity index (χ2v) is 6.69. The van der Waals surface area contributed by atoms with Gasteiger partial charge in [0.1, 0.15) is 5.75 Å². The number of alkyl halides is 3. The number of nitriles is 1. The van der Waals surface area contributed by atoms with Gasteiger partial charge in [0.25, 0.3) is 5.91 Å². The van der Waals surface area contributed by atoms with E-state index < -0.39 is 46.6 Å². The minimum Gasteiger partial charge on any atom is -0.508 e. The van der Waals surface area contributed by atoms with Crippen molar-refractivity contribution in [1.29, 1.82) is 5.26 Å². The number of aromatic hydroxyl groups is 1. The third-order valence-electron chi connectivity index (χ3n) is 4.92. The zero-order chi connectivity index (χ0) is 23.1. The minimum atomic E-state index is -4.92. The van der Waals surface area contributed by atoms with E-state index in [9.17, 15) is 32.7 Å². The summed E-state index contributed by atoms with van der Waals surface area (Å²) in [6, 6.07) is 7.53. The zero-order valence-electron chi connectivity index (χ0n) is 16.1. The molecule has 0 radical (unpaired) electrons. The van der Waals surface area contributed by atoms with Gasteiger partial charge in [0.2, 0.25) is 0 Å². The normalized spacial score (nSPS) is 18.8. The number of carbonyl (C=O) groups excluding carboxylic acids is 3. The molecule has 1 aliphatic heterocycles. The summed E-state index contributed by atoms with van der Waals surface area (Å²) in [6.45, 7) is 1.23. The van der Waals surface area contributed by atoms with Crippen LogP contribution < -0.4 is 4.90 Å². The van der Waals surface area contributed by atoms with Crippen LogP contribution in [0.2, 0.25) is 0 Å². The summed E-state index contributed by atoms with van der Waals surface area (Å²) in [5.74, 6) is -1.17. The van der Waals surface area contributed by atoms with Crippen molar-refractivity contribution >= 4 is 23.7 Å². The lowest BCUT2D eigenvalue weighted by molar-refractivity contribution is -0.137. The van der Waals surface area contributed by atoms with E-state index in [1.54, 1.807) is 0 Å². The van der Waals surface area contributed by atoms with Gasteiger partial charge in [-0.1, -0.05) is 12.1 Å². The molecule has 1 heterocycles. The van der Waals surface area contributed by atoms with Crippen LogP contribution in [-0.4, -0.2) is 35.1 Å². The standard InChI is InChI=1S/C20H14F3N3O5/c1-19(12-4-7-14(27)8-5-12)16(28)25(17(29)26(19)18(30)31-2)13-6-3-11(10-24)15(9-13)20(21,22)23/h3-9,27H,1-2H3. The summed E-state index contributed by atoms with van der Waals surface area (Å²) in [6.07, 6.45) is -6.13. The number of methoxy groups -OCH3 is 1. The van der Waals surface area contributed by atoms with E-state index in [2.05, 4.69) is 4.74 Å². The fourth-order valence-corrected chi connectivity index (χ4v) is 3.31. The Hall–Kier alpha value is -4.07. The summed E-state index contributed by atoms with van der Waals surface area (Å²) in [4.78, 5) is 39.6. The number of halogens is 3. The molecule has 1 unspecified atom stereocenters. The minimum absolute atomic E-state index is 0.112. The molecule has 1 atom stereocenters. The Bertz CT molecular complexity index is 1120. The van der Waals surface area contributed by atoms with Gasteiger partial charge in [-0.15, -0.1) is 0 Å². The van der Waals surface area contributed by atoms with E-state index >= 15 is 0 Å². The van der Waals surface area contributed by atoms with E-state index in [1.807, 2.05) is 0 Å². The Balaban J connectivity index is 2.21. The molecule has 0 aliphatic carbocycles. The second kappa shape index (κ2) is 7.32. The van der Waals surface area contributed by atoms with E-state index in [-0.39, 0.29) is 11.3 Å². The van der Waals surface area contributed by atoms with Gasteiger partial charge in [-0.2, -0.15) is 18.4 Å². The Morgan fingerprint density at radius 2 is 1.77 bits per heavy atom. The fourth-order valence-electron chi connectivity index (χ4n) is 3.31. The second-order valence-electron chi connectivity index (χ2n) is 6.69. The quantitative estimate of drug-likeness (QED) is 0.723. The predicted molar refractivity (Wildman–Crippen MR) is 98.7 cm³/mol. The molecule has 0 aromatic heterocycles. The number of phenolic OH excluding ortho intramolecular Hbond substituents is 1. The highest BCUT2D eigenvalue weighted by atomic mass is 19.4. The summed E-state index contributed by atoms with van der Waals surface area (Å²) in [5.41, 5.74) is -4.36. The van der Waals surface area contributed by atoms with Crippen LogP contribution in [0.25, 0.3) is 0 Å². The van der Waals surface area contributed by atoms with Crippen LogP contribution in [0.5, 0.6) is 5.75 Å². The molecular formula is C20H14F3N3O5. The number of anilines is 1. The van der Waals surface area contributed by atoms with Gasteiger partial charge in [-0.3, -0.25) is 4.79 Å². The third-order valence-corrected chi connectivity index (χ3v) is 4.92. The smallest absolute Gasteiger partial charge is 0.418 e. The van der Waals surface area contributed by atoms with Crippen LogP contribution in [0.15, 0.2) is 42.5 Å². The fraction of sp³-hybridized carbons (Fsp3) is 0.200. The summed E-state index contributed by atoms with van der Waals surface area (Å²) in [5, 5.41) is 18.5. The number of benzene rings is 2. The van der Waals surface area contributed by atoms with E-state index in [0.29, 0.717) is 15.9 Å². The highest BCUT2D eigenvalue weighted by molar-refractivity contribution is 6.26. The first kappa shape index (κ1) is 21.6. The molecular weight excluding hydrogens is 419 g/mol. The maximum atomic E-state index is 13.4. The summed E-state index contributed by atoms with van der Waals surface area (Å²) in [7, 11) is 0.976.